The third kappa shape index (κ3) is 6.75. The first-order valence-corrected chi connectivity index (χ1v) is 9.75. The van der Waals surface area contributed by atoms with Gasteiger partial charge in [-0.25, -0.2) is 4.79 Å². The minimum atomic E-state index is -0.414. The summed E-state index contributed by atoms with van der Waals surface area (Å²) in [7, 11) is 0. The molecule has 4 nitrogen and oxygen atoms in total. The van der Waals surface area contributed by atoms with Crippen LogP contribution in [-0.4, -0.2) is 36.3 Å². The van der Waals surface area contributed by atoms with Crippen molar-refractivity contribution in [1.82, 2.24) is 4.90 Å². The maximum atomic E-state index is 12.1. The highest BCUT2D eigenvalue weighted by Gasteiger charge is 2.26. The zero-order valence-electron chi connectivity index (χ0n) is 16.6. The number of amides is 1. The van der Waals surface area contributed by atoms with Crippen LogP contribution in [0.3, 0.4) is 0 Å². The van der Waals surface area contributed by atoms with Crippen LogP contribution in [0.25, 0.3) is 0 Å². The van der Waals surface area contributed by atoms with Gasteiger partial charge in [-0.1, -0.05) is 19.9 Å². The fraction of sp³-hybridized carbons (Fsp3) is 0.762. The van der Waals surface area contributed by atoms with Gasteiger partial charge in [0.2, 0.25) is 0 Å². The van der Waals surface area contributed by atoms with E-state index in [1.165, 1.54) is 6.42 Å². The van der Waals surface area contributed by atoms with Crippen LogP contribution in [0.4, 0.5) is 4.79 Å². The number of hydrogen-bond donors (Lipinski definition) is 0. The molecule has 0 unspecified atom stereocenters. The first-order valence-electron chi connectivity index (χ1n) is 9.75. The van der Waals surface area contributed by atoms with Gasteiger partial charge < -0.3 is 14.4 Å². The highest BCUT2D eigenvalue weighted by Crippen LogP contribution is 2.25. The molecule has 4 heteroatoms. The van der Waals surface area contributed by atoms with Gasteiger partial charge in [0.25, 0.3) is 0 Å². The summed E-state index contributed by atoms with van der Waals surface area (Å²) in [6.07, 6.45) is 10.8. The number of rotatable bonds is 5. The highest BCUT2D eigenvalue weighted by molar-refractivity contribution is 5.68. The van der Waals surface area contributed by atoms with Crippen LogP contribution in [0, 0.1) is 17.8 Å². The molecule has 0 saturated carbocycles. The van der Waals surface area contributed by atoms with E-state index in [9.17, 15) is 4.79 Å². The molecule has 1 saturated heterocycles. The molecule has 25 heavy (non-hydrogen) atoms. The van der Waals surface area contributed by atoms with Crippen LogP contribution in [-0.2, 0) is 9.47 Å². The summed E-state index contributed by atoms with van der Waals surface area (Å²) >= 11 is 0. The quantitative estimate of drug-likeness (QED) is 0.644. The molecule has 0 N–H and O–H groups in total. The first kappa shape index (κ1) is 19.9. The largest absolute Gasteiger partial charge is 0.494 e. The van der Waals surface area contributed by atoms with Crippen molar-refractivity contribution in [2.45, 2.75) is 65.9 Å². The van der Waals surface area contributed by atoms with E-state index in [0.29, 0.717) is 17.8 Å². The lowest BCUT2D eigenvalue weighted by Crippen LogP contribution is -2.41. The van der Waals surface area contributed by atoms with E-state index in [4.69, 9.17) is 9.47 Å². The van der Waals surface area contributed by atoms with Crippen molar-refractivity contribution in [2.24, 2.45) is 17.8 Å². The molecule has 2 aliphatic rings. The molecule has 2 rings (SSSR count). The number of allylic oxidation sites excluding steroid dienone is 3. The van der Waals surface area contributed by atoms with Crippen LogP contribution in [0.1, 0.15) is 60.3 Å². The molecule has 0 radical (unpaired) electrons. The summed E-state index contributed by atoms with van der Waals surface area (Å²) < 4.78 is 11.3. The summed E-state index contributed by atoms with van der Waals surface area (Å²) in [5, 5.41) is 0. The summed E-state index contributed by atoms with van der Waals surface area (Å²) in [6, 6.07) is 0. The molecule has 0 bridgehead atoms. The number of carbonyl (C=O) groups is 1. The summed E-state index contributed by atoms with van der Waals surface area (Å²) in [5.41, 5.74) is -0.414. The Kier molecular flexibility index (Phi) is 6.97. The van der Waals surface area contributed by atoms with Gasteiger partial charge in [0.15, 0.2) is 0 Å². The van der Waals surface area contributed by atoms with Crippen molar-refractivity contribution >= 4 is 6.09 Å². The maximum absolute atomic E-state index is 12.1. The Morgan fingerprint density at radius 3 is 2.48 bits per heavy atom. The number of nitrogens with zero attached hydrogens (tertiary/aromatic N) is 1. The molecule has 1 aliphatic heterocycles. The number of ether oxygens (including phenoxy) is 2. The van der Waals surface area contributed by atoms with Crippen molar-refractivity contribution in [3.8, 4) is 0 Å². The smallest absolute Gasteiger partial charge is 0.410 e. The van der Waals surface area contributed by atoms with Crippen LogP contribution in [0.2, 0.25) is 0 Å². The third-order valence-electron chi connectivity index (χ3n) is 5.11. The van der Waals surface area contributed by atoms with Gasteiger partial charge in [-0.2, -0.15) is 0 Å². The fourth-order valence-corrected chi connectivity index (χ4v) is 3.28. The lowest BCUT2D eigenvalue weighted by atomic mass is 9.91. The topological polar surface area (TPSA) is 38.8 Å². The maximum Gasteiger partial charge on any atom is 0.410 e. The van der Waals surface area contributed by atoms with Crippen molar-refractivity contribution in [3.63, 3.8) is 0 Å². The molecule has 1 aliphatic carbocycles. The van der Waals surface area contributed by atoms with E-state index in [2.05, 4.69) is 32.1 Å². The predicted octanol–water partition coefficient (Wildman–Crippen LogP) is 5.16. The lowest BCUT2D eigenvalue weighted by Gasteiger charge is -2.33. The van der Waals surface area contributed by atoms with Gasteiger partial charge >= 0.3 is 6.09 Å². The Balaban J connectivity index is 1.61. The average molecular weight is 350 g/mol. The van der Waals surface area contributed by atoms with E-state index in [1.54, 1.807) is 0 Å². The van der Waals surface area contributed by atoms with Crippen molar-refractivity contribution in [3.05, 3.63) is 24.0 Å². The highest BCUT2D eigenvalue weighted by atomic mass is 16.6. The third-order valence-corrected chi connectivity index (χ3v) is 5.11. The van der Waals surface area contributed by atoms with Gasteiger partial charge in [0.05, 0.1) is 6.61 Å². The summed E-state index contributed by atoms with van der Waals surface area (Å²) in [5.74, 6) is 2.86. The van der Waals surface area contributed by atoms with Crippen LogP contribution >= 0.6 is 0 Å². The molecule has 1 amide bonds. The molecule has 2 atom stereocenters. The number of likely N-dealkylation sites (tertiary alicyclic amines) is 1. The Hall–Kier alpha value is -1.45. The Bertz CT molecular complexity index is 496. The minimum absolute atomic E-state index is 0.173. The molecule has 0 aromatic rings. The molecule has 0 aromatic carbocycles. The zero-order chi connectivity index (χ0) is 18.4. The van der Waals surface area contributed by atoms with E-state index >= 15 is 0 Å². The van der Waals surface area contributed by atoms with Gasteiger partial charge in [0, 0.05) is 13.1 Å². The average Bonchev–Trinajstić information content (AvgIpc) is 2.54. The number of hydrogen-bond acceptors (Lipinski definition) is 3. The van der Waals surface area contributed by atoms with E-state index in [-0.39, 0.29) is 6.09 Å². The van der Waals surface area contributed by atoms with Crippen molar-refractivity contribution in [2.75, 3.05) is 19.7 Å². The van der Waals surface area contributed by atoms with Gasteiger partial charge in [0.1, 0.15) is 11.4 Å². The summed E-state index contributed by atoms with van der Waals surface area (Å²) in [6.45, 7) is 12.6. The molecule has 0 spiro atoms. The Morgan fingerprint density at radius 2 is 1.88 bits per heavy atom. The van der Waals surface area contributed by atoms with Gasteiger partial charge in [-0.3, -0.25) is 0 Å². The molecular formula is C21H35NO3. The summed E-state index contributed by atoms with van der Waals surface area (Å²) in [4.78, 5) is 13.9. The van der Waals surface area contributed by atoms with Gasteiger partial charge in [-0.15, -0.1) is 0 Å². The van der Waals surface area contributed by atoms with E-state index in [0.717, 1.165) is 44.7 Å². The van der Waals surface area contributed by atoms with Crippen molar-refractivity contribution in [1.29, 1.82) is 0 Å². The van der Waals surface area contributed by atoms with E-state index < -0.39 is 5.60 Å². The SMILES string of the molecule is C[C@@H]1C=C(OCCCC2CCN(C(=O)OC(C)(C)C)CC2)C=C[C@@H]1C. The Labute approximate surface area is 153 Å². The second-order valence-electron chi connectivity index (χ2n) is 8.55. The van der Waals surface area contributed by atoms with Crippen molar-refractivity contribution < 1.29 is 14.3 Å². The van der Waals surface area contributed by atoms with Crippen LogP contribution in [0.15, 0.2) is 24.0 Å². The predicted molar refractivity (Wildman–Crippen MR) is 101 cm³/mol. The van der Waals surface area contributed by atoms with Crippen LogP contribution in [0.5, 0.6) is 0 Å². The second-order valence-corrected chi connectivity index (χ2v) is 8.55. The molecule has 1 heterocycles. The number of piperidine rings is 1. The normalized spacial score (nSPS) is 24.8. The van der Waals surface area contributed by atoms with Crippen LogP contribution < -0.4 is 0 Å². The first-order chi connectivity index (χ1) is 11.7. The number of carbonyl (C=O) groups excluding carboxylic acids is 1. The lowest BCUT2D eigenvalue weighted by molar-refractivity contribution is 0.0178. The second kappa shape index (κ2) is 8.77. The van der Waals surface area contributed by atoms with E-state index in [1.807, 2.05) is 25.7 Å². The monoisotopic (exact) mass is 349 g/mol. The molecule has 1 fully saturated rings. The standard InChI is InChI=1S/C21H35NO3/c1-16-8-9-19(15-17(16)2)24-14-6-7-18-10-12-22(13-11-18)20(23)25-21(3,4)5/h8-9,15-18H,6-7,10-14H2,1-5H3/t16-,17+/m0/s1. The van der Waals surface area contributed by atoms with Gasteiger partial charge in [-0.05, 0) is 76.4 Å². The minimum Gasteiger partial charge on any atom is -0.494 e. The molecule has 0 aromatic heterocycles. The molecule has 142 valence electrons. The zero-order valence-corrected chi connectivity index (χ0v) is 16.6. The fourth-order valence-electron chi connectivity index (χ4n) is 3.28. The molecular weight excluding hydrogens is 314 g/mol. The Morgan fingerprint density at radius 1 is 1.20 bits per heavy atom.